The number of sulfone groups is 1. The number of hydrogen-bond acceptors (Lipinski definition) is 8. The number of nitrogens with zero attached hydrogens (tertiary/aromatic N) is 2. The largest absolute Gasteiger partial charge is 0.390 e. The molecular weight excluding hydrogens is 643 g/mol. The van der Waals surface area contributed by atoms with Crippen molar-refractivity contribution in [2.45, 2.75) is 126 Å². The third kappa shape index (κ3) is 9.98. The first kappa shape index (κ1) is 38.2. The first-order valence-electron chi connectivity index (χ1n) is 17.3. The van der Waals surface area contributed by atoms with Crippen LogP contribution in [0.3, 0.4) is 0 Å². The maximum Gasteiger partial charge on any atom is 0.243 e. The van der Waals surface area contributed by atoms with E-state index >= 15 is 0 Å². The van der Waals surface area contributed by atoms with Gasteiger partial charge in [0.25, 0.3) is 0 Å². The minimum Gasteiger partial charge on any atom is -0.390 e. The number of aryl methyl sites for hydroxylation is 1. The van der Waals surface area contributed by atoms with Gasteiger partial charge in [0.15, 0.2) is 14.6 Å². The highest BCUT2D eigenvalue weighted by atomic mass is 32.2. The van der Waals surface area contributed by atoms with Gasteiger partial charge in [-0.3, -0.25) is 14.6 Å². The zero-order valence-corrected chi connectivity index (χ0v) is 30.0. The van der Waals surface area contributed by atoms with E-state index in [0.717, 1.165) is 37.7 Å². The van der Waals surface area contributed by atoms with Crippen LogP contribution in [0.5, 0.6) is 0 Å². The predicted molar refractivity (Wildman–Crippen MR) is 189 cm³/mol. The van der Waals surface area contributed by atoms with Crippen molar-refractivity contribution in [3.05, 3.63) is 84.2 Å². The summed E-state index contributed by atoms with van der Waals surface area (Å²) in [6.07, 6.45) is 10.4. The number of amides is 2. The van der Waals surface area contributed by atoms with Crippen LogP contribution in [0.2, 0.25) is 0 Å². The van der Waals surface area contributed by atoms with E-state index in [1.807, 2.05) is 18.2 Å². The number of nitrogens with one attached hydrogen (secondary N) is 3. The van der Waals surface area contributed by atoms with E-state index in [1.165, 1.54) is 13.3 Å². The van der Waals surface area contributed by atoms with E-state index < -0.39 is 55.4 Å². The molecule has 0 saturated heterocycles. The number of imidazole rings is 1. The lowest BCUT2D eigenvalue weighted by atomic mass is 9.82. The van der Waals surface area contributed by atoms with Crippen molar-refractivity contribution in [1.82, 2.24) is 25.6 Å². The van der Waals surface area contributed by atoms with E-state index in [9.17, 15) is 28.2 Å². The summed E-state index contributed by atoms with van der Waals surface area (Å²) < 4.78 is 25.0. The van der Waals surface area contributed by atoms with Crippen LogP contribution in [-0.2, 0) is 38.7 Å². The number of aromatic nitrogens is 3. The van der Waals surface area contributed by atoms with Crippen molar-refractivity contribution < 1.29 is 28.2 Å². The van der Waals surface area contributed by atoms with E-state index in [2.05, 4.69) is 25.6 Å². The lowest BCUT2D eigenvalue weighted by Gasteiger charge is -2.36. The number of carbonyl (C=O) groups excluding carboxylic acids is 2. The highest BCUT2D eigenvalue weighted by Gasteiger charge is 2.52. The summed E-state index contributed by atoms with van der Waals surface area (Å²) in [7, 11) is -4.11. The summed E-state index contributed by atoms with van der Waals surface area (Å²) in [5.74, 6) is -1.14. The van der Waals surface area contributed by atoms with E-state index in [-0.39, 0.29) is 25.2 Å². The van der Waals surface area contributed by atoms with Crippen LogP contribution in [0, 0.1) is 5.92 Å². The quantitative estimate of drug-likeness (QED) is 0.150. The van der Waals surface area contributed by atoms with Gasteiger partial charge in [0.1, 0.15) is 12.1 Å². The molecular formula is C37H53N5O6S. The number of pyridine rings is 1. The molecule has 3 aromatic rings. The van der Waals surface area contributed by atoms with Gasteiger partial charge in [-0.1, -0.05) is 68.5 Å². The van der Waals surface area contributed by atoms with E-state index in [0.29, 0.717) is 24.1 Å². The average Bonchev–Trinajstić information content (AvgIpc) is 3.60. The molecule has 5 atom stereocenters. The molecule has 0 aliphatic heterocycles. The van der Waals surface area contributed by atoms with Gasteiger partial charge in [0.05, 0.1) is 28.9 Å². The minimum atomic E-state index is -4.11. The molecule has 1 saturated carbocycles. The first-order valence-corrected chi connectivity index (χ1v) is 18.8. The molecule has 49 heavy (non-hydrogen) atoms. The summed E-state index contributed by atoms with van der Waals surface area (Å²) in [5.41, 5.74) is 2.08. The Bertz CT molecular complexity index is 1570. The van der Waals surface area contributed by atoms with Gasteiger partial charge in [-0.2, -0.15) is 0 Å². The summed E-state index contributed by atoms with van der Waals surface area (Å²) in [6.45, 7) is 6.09. The number of H-pyrrole nitrogens is 1. The molecule has 2 heterocycles. The van der Waals surface area contributed by atoms with Crippen LogP contribution in [0.1, 0.15) is 89.5 Å². The molecule has 1 aliphatic carbocycles. The Kier molecular flexibility index (Phi) is 13.1. The maximum atomic E-state index is 14.3. The lowest BCUT2D eigenvalue weighted by molar-refractivity contribution is -0.131. The van der Waals surface area contributed by atoms with Crippen LogP contribution in [-0.4, -0.2) is 79.2 Å². The molecule has 1 fully saturated rings. The summed E-state index contributed by atoms with van der Waals surface area (Å²) in [6, 6.07) is 10.6. The average molecular weight is 696 g/mol. The number of aliphatic hydroxyl groups excluding tert-OH is 2. The highest BCUT2D eigenvalue weighted by molar-refractivity contribution is 7.94. The molecule has 0 radical (unpaired) electrons. The van der Waals surface area contributed by atoms with Gasteiger partial charge in [0.2, 0.25) is 11.8 Å². The fourth-order valence-electron chi connectivity index (χ4n) is 6.74. The molecule has 11 nitrogen and oxygen atoms in total. The van der Waals surface area contributed by atoms with E-state index in [1.54, 1.807) is 63.6 Å². The summed E-state index contributed by atoms with van der Waals surface area (Å²) in [5, 5.41) is 28.4. The van der Waals surface area contributed by atoms with E-state index in [4.69, 9.17) is 0 Å². The maximum absolute atomic E-state index is 14.3. The molecule has 1 aliphatic rings. The standard InChI is InChI=1S/C37H53N5O6S/c1-36(2,3)49(47,48)37(4,22-27-14-9-6-10-15-27)35(46)42-31(21-29-24-39-25-40-29)34(45)41-30(20-26-12-7-5-8-13-26)33(44)32(43)18-17-28-16-11-19-38-23-28/h6,9-11,14-16,19,23-26,30-33,43-44H,5,7-8,12-13,17-18,20-22H2,1-4H3,(H,39,40)(H,41,45)(H,42,46)/t30-,31?,32-,33+,37-/m0/s1. The van der Waals surface area contributed by atoms with Crippen molar-refractivity contribution in [2.75, 3.05) is 0 Å². The van der Waals surface area contributed by atoms with Gasteiger partial charge in [0, 0.05) is 31.4 Å². The number of carbonyl (C=O) groups is 2. The summed E-state index contributed by atoms with van der Waals surface area (Å²) in [4.78, 5) is 39.7. The van der Waals surface area contributed by atoms with Crippen LogP contribution in [0.4, 0.5) is 0 Å². The van der Waals surface area contributed by atoms with Crippen molar-refractivity contribution in [2.24, 2.45) is 5.92 Å². The Morgan fingerprint density at radius 3 is 2.29 bits per heavy atom. The molecule has 4 rings (SSSR count). The van der Waals surface area contributed by atoms with Gasteiger partial charge < -0.3 is 25.8 Å². The molecule has 1 aromatic carbocycles. The second-order valence-corrected chi connectivity index (χ2v) is 17.7. The van der Waals surface area contributed by atoms with Crippen molar-refractivity contribution >= 4 is 21.7 Å². The smallest absolute Gasteiger partial charge is 0.243 e. The monoisotopic (exact) mass is 695 g/mol. The summed E-state index contributed by atoms with van der Waals surface area (Å²) >= 11 is 0. The van der Waals surface area contributed by atoms with Gasteiger partial charge in [-0.15, -0.1) is 0 Å². The van der Waals surface area contributed by atoms with Crippen LogP contribution in [0.25, 0.3) is 0 Å². The third-order valence-electron chi connectivity index (χ3n) is 9.75. The molecule has 0 spiro atoms. The second-order valence-electron chi connectivity index (χ2n) is 14.6. The fourth-order valence-corrected chi connectivity index (χ4v) is 8.75. The highest BCUT2D eigenvalue weighted by Crippen LogP contribution is 2.33. The van der Waals surface area contributed by atoms with Gasteiger partial charge in [-0.25, -0.2) is 13.4 Å². The number of aliphatic hydroxyl groups is 2. The Morgan fingerprint density at radius 1 is 0.980 bits per heavy atom. The fraction of sp³-hybridized carbons (Fsp3) is 0.568. The third-order valence-corrected chi connectivity index (χ3v) is 12.9. The normalized spacial score (nSPS) is 18.1. The Hall–Kier alpha value is -3.61. The number of rotatable bonds is 16. The van der Waals surface area contributed by atoms with Crippen molar-refractivity contribution in [1.29, 1.82) is 0 Å². The lowest BCUT2D eigenvalue weighted by Crippen LogP contribution is -2.62. The second kappa shape index (κ2) is 16.9. The first-order chi connectivity index (χ1) is 23.2. The molecule has 5 N–H and O–H groups in total. The SMILES string of the molecule is CC(C)(C)S(=O)(=O)[C@@](C)(Cc1ccccc1)C(=O)NC(Cc1c[nH]cn1)C(=O)N[C@@H](CC1CCCCC1)[C@@H](O)[C@@H](O)CCc1cccnc1. The zero-order chi connectivity index (χ0) is 35.7. The molecule has 2 amide bonds. The molecule has 0 bridgehead atoms. The Morgan fingerprint density at radius 2 is 1.67 bits per heavy atom. The number of aromatic amines is 1. The van der Waals surface area contributed by atoms with Crippen LogP contribution in [0.15, 0.2) is 67.4 Å². The van der Waals surface area contributed by atoms with Gasteiger partial charge in [-0.05, 0) is 70.1 Å². The Labute approximate surface area is 290 Å². The zero-order valence-electron chi connectivity index (χ0n) is 29.1. The Balaban J connectivity index is 1.61. The molecule has 12 heteroatoms. The van der Waals surface area contributed by atoms with Crippen molar-refractivity contribution in [3.8, 4) is 0 Å². The molecule has 268 valence electrons. The van der Waals surface area contributed by atoms with Gasteiger partial charge >= 0.3 is 0 Å². The van der Waals surface area contributed by atoms with Crippen molar-refractivity contribution in [3.63, 3.8) is 0 Å². The topological polar surface area (TPSA) is 174 Å². The number of hydrogen-bond donors (Lipinski definition) is 5. The van der Waals surface area contributed by atoms with Crippen LogP contribution < -0.4 is 10.6 Å². The predicted octanol–water partition coefficient (Wildman–Crippen LogP) is 3.86. The minimum absolute atomic E-state index is 0.0200. The molecule has 1 unspecified atom stereocenters. The molecule has 2 aromatic heterocycles. The van der Waals surface area contributed by atoms with Crippen LogP contribution >= 0.6 is 0 Å². The number of benzene rings is 1.